The molecular weight excluding hydrogens is 400 g/mol. The number of nitrogens with one attached hydrogen (secondary N) is 1. The van der Waals surface area contributed by atoms with Crippen molar-refractivity contribution in [3.63, 3.8) is 0 Å². The number of nitriles is 1. The summed E-state index contributed by atoms with van der Waals surface area (Å²) in [5.41, 5.74) is 1.83. The van der Waals surface area contributed by atoms with Crippen LogP contribution in [0.25, 0.3) is 0 Å². The maximum absolute atomic E-state index is 12.5. The van der Waals surface area contributed by atoms with E-state index in [0.717, 1.165) is 66.9 Å². The number of carbonyl (C=O) groups excluding carboxylic acids is 1. The summed E-state index contributed by atoms with van der Waals surface area (Å²) in [6, 6.07) is 6.31. The van der Waals surface area contributed by atoms with E-state index in [9.17, 15) is 10.1 Å². The van der Waals surface area contributed by atoms with Gasteiger partial charge >= 0.3 is 0 Å². The third-order valence-corrected chi connectivity index (χ3v) is 7.55. The quantitative estimate of drug-likeness (QED) is 0.803. The number of anilines is 1. The predicted molar refractivity (Wildman–Crippen MR) is 111 cm³/mol. The number of rotatable bonds is 5. The molecular formula is C19H21ClN4OS2. The van der Waals surface area contributed by atoms with Gasteiger partial charge in [-0.1, -0.05) is 11.6 Å². The molecule has 0 atom stereocenters. The summed E-state index contributed by atoms with van der Waals surface area (Å²) >= 11 is 9.20. The first-order valence-electron chi connectivity index (χ1n) is 9.16. The number of amides is 1. The van der Waals surface area contributed by atoms with E-state index < -0.39 is 0 Å². The topological polar surface area (TPSA) is 59.4 Å². The minimum atomic E-state index is -0.0232. The standard InChI is InChI=1S/C19H21ClN4OS2/c20-17-5-4-13(26-17)11-23-6-8-24(9-7-23)12-18(25)22-19-15(10-21)14-2-1-3-16(14)27-19/h4-5H,1-3,6-9,11-12H2,(H,22,25). The van der Waals surface area contributed by atoms with E-state index in [0.29, 0.717) is 12.1 Å². The van der Waals surface area contributed by atoms with Crippen molar-refractivity contribution >= 4 is 45.2 Å². The maximum Gasteiger partial charge on any atom is 0.239 e. The van der Waals surface area contributed by atoms with Gasteiger partial charge in [0.2, 0.25) is 5.91 Å². The van der Waals surface area contributed by atoms with Crippen molar-refractivity contribution in [3.05, 3.63) is 37.4 Å². The molecule has 142 valence electrons. The number of piperazine rings is 1. The Hall–Kier alpha value is -1.43. The van der Waals surface area contributed by atoms with Gasteiger partial charge in [-0.2, -0.15) is 5.26 Å². The van der Waals surface area contributed by atoms with Gasteiger partial charge < -0.3 is 5.32 Å². The molecule has 2 aromatic rings. The van der Waals surface area contributed by atoms with Crippen molar-refractivity contribution in [3.8, 4) is 6.07 Å². The van der Waals surface area contributed by atoms with E-state index in [1.165, 1.54) is 9.75 Å². The van der Waals surface area contributed by atoms with Gasteiger partial charge in [-0.05, 0) is 37.0 Å². The SMILES string of the molecule is N#Cc1c(NC(=O)CN2CCN(Cc3ccc(Cl)s3)CC2)sc2c1CCC2. The van der Waals surface area contributed by atoms with Crippen LogP contribution in [0, 0.1) is 11.3 Å². The number of hydrogen-bond acceptors (Lipinski definition) is 6. The molecule has 4 rings (SSSR count). The molecule has 27 heavy (non-hydrogen) atoms. The van der Waals surface area contributed by atoms with Gasteiger partial charge in [-0.15, -0.1) is 22.7 Å². The Bertz CT molecular complexity index is 877. The molecule has 1 fully saturated rings. The van der Waals surface area contributed by atoms with E-state index in [2.05, 4.69) is 27.3 Å². The molecule has 0 radical (unpaired) electrons. The molecule has 1 saturated heterocycles. The highest BCUT2D eigenvalue weighted by atomic mass is 35.5. The molecule has 2 aromatic heterocycles. The number of nitrogens with zero attached hydrogens (tertiary/aromatic N) is 3. The summed E-state index contributed by atoms with van der Waals surface area (Å²) in [7, 11) is 0. The second kappa shape index (κ2) is 8.29. The summed E-state index contributed by atoms with van der Waals surface area (Å²) in [6.45, 7) is 4.94. The zero-order valence-electron chi connectivity index (χ0n) is 15.0. The van der Waals surface area contributed by atoms with E-state index in [4.69, 9.17) is 11.6 Å². The molecule has 2 aliphatic rings. The van der Waals surface area contributed by atoms with Crippen molar-refractivity contribution in [2.45, 2.75) is 25.8 Å². The largest absolute Gasteiger partial charge is 0.315 e. The minimum absolute atomic E-state index is 0.0232. The molecule has 1 amide bonds. The van der Waals surface area contributed by atoms with Crippen LogP contribution >= 0.6 is 34.3 Å². The average Bonchev–Trinajstić information content (AvgIpc) is 3.33. The lowest BCUT2D eigenvalue weighted by molar-refractivity contribution is -0.117. The number of aryl methyl sites for hydroxylation is 1. The minimum Gasteiger partial charge on any atom is -0.315 e. The van der Waals surface area contributed by atoms with Gasteiger partial charge in [0.25, 0.3) is 0 Å². The monoisotopic (exact) mass is 420 g/mol. The summed E-state index contributed by atoms with van der Waals surface area (Å²) in [4.78, 5) is 19.6. The van der Waals surface area contributed by atoms with Gasteiger partial charge in [0, 0.05) is 42.5 Å². The fourth-order valence-electron chi connectivity index (χ4n) is 3.74. The Morgan fingerprint density at radius 3 is 2.67 bits per heavy atom. The van der Waals surface area contributed by atoms with Crippen molar-refractivity contribution in [1.29, 1.82) is 5.26 Å². The molecule has 1 N–H and O–H groups in total. The first kappa shape index (κ1) is 18.9. The van der Waals surface area contributed by atoms with Crippen molar-refractivity contribution in [2.24, 2.45) is 0 Å². The van der Waals surface area contributed by atoms with Crippen molar-refractivity contribution in [2.75, 3.05) is 38.0 Å². The Kier molecular flexibility index (Phi) is 5.81. The number of thiophene rings is 2. The van der Waals surface area contributed by atoms with Crippen LogP contribution in [0.3, 0.4) is 0 Å². The number of fused-ring (bicyclic) bond motifs is 1. The molecule has 1 aliphatic heterocycles. The second-order valence-electron chi connectivity index (χ2n) is 6.98. The zero-order chi connectivity index (χ0) is 18.8. The molecule has 0 saturated carbocycles. The van der Waals surface area contributed by atoms with Crippen molar-refractivity contribution in [1.82, 2.24) is 9.80 Å². The molecule has 0 spiro atoms. The lowest BCUT2D eigenvalue weighted by Crippen LogP contribution is -2.48. The van der Waals surface area contributed by atoms with E-state index >= 15 is 0 Å². The summed E-state index contributed by atoms with van der Waals surface area (Å²) < 4.78 is 0.830. The molecule has 0 aromatic carbocycles. The van der Waals surface area contributed by atoms with E-state index in [1.807, 2.05) is 6.07 Å². The van der Waals surface area contributed by atoms with Crippen LogP contribution in [0.1, 0.15) is 27.3 Å². The number of carbonyl (C=O) groups is 1. The third kappa shape index (κ3) is 4.36. The van der Waals surface area contributed by atoms with Gasteiger partial charge in [0.05, 0.1) is 16.4 Å². The average molecular weight is 421 g/mol. The fourth-order valence-corrected chi connectivity index (χ4v) is 6.13. The van der Waals surface area contributed by atoms with Gasteiger partial charge in [-0.25, -0.2) is 0 Å². The summed E-state index contributed by atoms with van der Waals surface area (Å²) in [6.07, 6.45) is 3.11. The summed E-state index contributed by atoms with van der Waals surface area (Å²) in [5, 5.41) is 13.2. The van der Waals surface area contributed by atoms with Crippen LogP contribution < -0.4 is 5.32 Å². The fraction of sp³-hybridized carbons (Fsp3) is 0.474. The van der Waals surface area contributed by atoms with Crippen LogP contribution in [0.4, 0.5) is 5.00 Å². The highest BCUT2D eigenvalue weighted by Crippen LogP contribution is 2.38. The Morgan fingerprint density at radius 2 is 1.96 bits per heavy atom. The van der Waals surface area contributed by atoms with Crippen LogP contribution in [0.5, 0.6) is 0 Å². The van der Waals surface area contributed by atoms with Crippen molar-refractivity contribution < 1.29 is 4.79 Å². The molecule has 3 heterocycles. The van der Waals surface area contributed by atoms with Gasteiger partial charge in [0.1, 0.15) is 11.1 Å². The third-order valence-electron chi connectivity index (χ3n) is 5.13. The normalized spacial score (nSPS) is 17.6. The van der Waals surface area contributed by atoms with E-state index in [-0.39, 0.29) is 5.91 Å². The number of hydrogen-bond donors (Lipinski definition) is 1. The zero-order valence-corrected chi connectivity index (χ0v) is 17.4. The van der Waals surface area contributed by atoms with Gasteiger partial charge in [0.15, 0.2) is 0 Å². The molecule has 1 aliphatic carbocycles. The lowest BCUT2D eigenvalue weighted by Gasteiger charge is -2.33. The van der Waals surface area contributed by atoms with Crippen LogP contribution in [0.2, 0.25) is 4.34 Å². The van der Waals surface area contributed by atoms with Crippen LogP contribution in [-0.4, -0.2) is 48.4 Å². The number of halogens is 1. The van der Waals surface area contributed by atoms with E-state index in [1.54, 1.807) is 22.7 Å². The van der Waals surface area contributed by atoms with Crippen LogP contribution in [0.15, 0.2) is 12.1 Å². The molecule has 5 nitrogen and oxygen atoms in total. The van der Waals surface area contributed by atoms with Crippen LogP contribution in [-0.2, 0) is 24.2 Å². The maximum atomic E-state index is 12.5. The van der Waals surface area contributed by atoms with Gasteiger partial charge in [-0.3, -0.25) is 14.6 Å². The highest BCUT2D eigenvalue weighted by molar-refractivity contribution is 7.17. The molecule has 0 bridgehead atoms. The Balaban J connectivity index is 1.27. The predicted octanol–water partition coefficient (Wildman–Crippen LogP) is 3.58. The Morgan fingerprint density at radius 1 is 1.19 bits per heavy atom. The Labute approximate surface area is 172 Å². The highest BCUT2D eigenvalue weighted by Gasteiger charge is 2.24. The first-order valence-corrected chi connectivity index (χ1v) is 11.2. The molecule has 8 heteroatoms. The first-order chi connectivity index (χ1) is 13.1. The molecule has 0 unspecified atom stereocenters. The smallest absolute Gasteiger partial charge is 0.239 e. The lowest BCUT2D eigenvalue weighted by atomic mass is 10.1. The summed E-state index contributed by atoms with van der Waals surface area (Å²) in [5.74, 6) is -0.0232. The second-order valence-corrected chi connectivity index (χ2v) is 9.88.